The number of likely N-dealkylation sites (N-methyl/N-ethyl adjacent to an activating group) is 2. The monoisotopic (exact) mass is 192 g/mol. The van der Waals surface area contributed by atoms with Crippen LogP contribution in [0.1, 0.15) is 12.8 Å². The van der Waals surface area contributed by atoms with Gasteiger partial charge in [0.15, 0.2) is 0 Å². The molecule has 0 radical (unpaired) electrons. The van der Waals surface area contributed by atoms with E-state index in [2.05, 4.69) is 21.3 Å². The second-order valence-corrected chi connectivity index (χ2v) is 3.34. The summed E-state index contributed by atoms with van der Waals surface area (Å²) in [5, 5.41) is 11.7. The fourth-order valence-electron chi connectivity index (χ4n) is 1.31. The maximum Gasteiger partial charge on any atom is 0.104 e. The van der Waals surface area contributed by atoms with Gasteiger partial charge >= 0.3 is 0 Å². The van der Waals surface area contributed by atoms with Gasteiger partial charge in [0.1, 0.15) is 5.84 Å². The highest BCUT2D eigenvalue weighted by molar-refractivity contribution is 5.84. The van der Waals surface area contributed by atoms with Crippen LogP contribution in [0.4, 0.5) is 0 Å². The van der Waals surface area contributed by atoms with Crippen LogP contribution < -0.4 is 5.32 Å². The molecule has 1 aliphatic rings. The molecule has 0 aromatic carbocycles. The summed E-state index contributed by atoms with van der Waals surface area (Å²) in [6.45, 7) is 1.90. The topological polar surface area (TPSA) is 51.4 Å². The molecule has 0 atom stereocenters. The van der Waals surface area contributed by atoms with Crippen molar-refractivity contribution in [1.29, 1.82) is 5.26 Å². The molecule has 4 heteroatoms. The fourth-order valence-corrected chi connectivity index (χ4v) is 1.31. The largest absolute Gasteiger partial charge is 0.362 e. The molecule has 1 rings (SSSR count). The Balaban J connectivity index is 2.50. The first-order chi connectivity index (χ1) is 6.77. The number of nitrogens with zero attached hydrogens (tertiary/aromatic N) is 3. The summed E-state index contributed by atoms with van der Waals surface area (Å²) < 4.78 is 0. The minimum Gasteiger partial charge on any atom is -0.362 e. The third-order valence-corrected chi connectivity index (χ3v) is 2.27. The summed E-state index contributed by atoms with van der Waals surface area (Å²) >= 11 is 0. The average molecular weight is 192 g/mol. The molecule has 0 bridgehead atoms. The van der Waals surface area contributed by atoms with Gasteiger partial charge in [-0.3, -0.25) is 0 Å². The molecule has 0 fully saturated rings. The van der Waals surface area contributed by atoms with E-state index in [-0.39, 0.29) is 0 Å². The zero-order chi connectivity index (χ0) is 10.4. The van der Waals surface area contributed by atoms with E-state index in [0.29, 0.717) is 0 Å². The van der Waals surface area contributed by atoms with Crippen molar-refractivity contribution in [2.45, 2.75) is 12.8 Å². The van der Waals surface area contributed by atoms with E-state index in [4.69, 9.17) is 5.26 Å². The predicted octanol–water partition coefficient (Wildman–Crippen LogP) is 0.737. The van der Waals surface area contributed by atoms with E-state index in [1.807, 2.05) is 14.1 Å². The number of hydrogen-bond acceptors (Lipinski definition) is 4. The van der Waals surface area contributed by atoms with Crippen LogP contribution in [0.25, 0.3) is 0 Å². The van der Waals surface area contributed by atoms with E-state index in [0.717, 1.165) is 37.3 Å². The molecule has 0 amide bonds. The quantitative estimate of drug-likeness (QED) is 0.717. The van der Waals surface area contributed by atoms with Crippen molar-refractivity contribution >= 4 is 5.84 Å². The molecule has 0 unspecified atom stereocenters. The summed E-state index contributed by atoms with van der Waals surface area (Å²) in [5.74, 6) is 1.07. The molecular formula is C10H16N4. The minimum atomic E-state index is 0.774. The first-order valence-electron chi connectivity index (χ1n) is 4.79. The normalized spacial score (nSPS) is 15.5. The summed E-state index contributed by atoms with van der Waals surface area (Å²) in [6, 6.07) is 2.13. The number of hydrogen-bond donors (Lipinski definition) is 1. The molecule has 0 spiro atoms. The van der Waals surface area contributed by atoms with Crippen LogP contribution in [0, 0.1) is 11.3 Å². The Bertz CT molecular complexity index is 285. The van der Waals surface area contributed by atoms with Gasteiger partial charge in [-0.25, -0.2) is 4.99 Å². The van der Waals surface area contributed by atoms with Gasteiger partial charge in [0, 0.05) is 38.3 Å². The zero-order valence-corrected chi connectivity index (χ0v) is 8.75. The second-order valence-electron chi connectivity index (χ2n) is 3.34. The summed E-state index contributed by atoms with van der Waals surface area (Å²) in [6.07, 6.45) is 3.37. The molecule has 0 saturated heterocycles. The molecule has 1 heterocycles. The van der Waals surface area contributed by atoms with Crippen molar-refractivity contribution in [2.75, 3.05) is 27.2 Å². The molecule has 0 saturated carbocycles. The Morgan fingerprint density at radius 1 is 1.64 bits per heavy atom. The Hall–Kier alpha value is -1.34. The Morgan fingerprint density at radius 2 is 2.43 bits per heavy atom. The van der Waals surface area contributed by atoms with Crippen molar-refractivity contribution in [3.05, 3.63) is 11.8 Å². The number of nitriles is 1. The SMILES string of the molecule is CNCCN(C)C1=NC=C(C#N)CC1. The van der Waals surface area contributed by atoms with Crippen molar-refractivity contribution < 1.29 is 0 Å². The fraction of sp³-hybridized carbons (Fsp3) is 0.600. The van der Waals surface area contributed by atoms with Gasteiger partial charge in [-0.1, -0.05) is 0 Å². The first-order valence-corrected chi connectivity index (χ1v) is 4.79. The molecule has 4 nitrogen and oxygen atoms in total. The van der Waals surface area contributed by atoms with Crippen LogP contribution in [-0.4, -0.2) is 37.9 Å². The second kappa shape index (κ2) is 5.40. The van der Waals surface area contributed by atoms with E-state index in [9.17, 15) is 0 Å². The predicted molar refractivity (Wildman–Crippen MR) is 56.9 cm³/mol. The van der Waals surface area contributed by atoms with Crippen molar-refractivity contribution in [3.8, 4) is 6.07 Å². The molecule has 1 aliphatic heterocycles. The lowest BCUT2D eigenvalue weighted by atomic mass is 10.1. The number of rotatable bonds is 3. The third kappa shape index (κ3) is 2.86. The summed E-state index contributed by atoms with van der Waals surface area (Å²) in [5.41, 5.74) is 0.774. The Labute approximate surface area is 84.9 Å². The molecule has 0 aliphatic carbocycles. The number of allylic oxidation sites excluding steroid dienone is 1. The van der Waals surface area contributed by atoms with E-state index >= 15 is 0 Å². The first kappa shape index (κ1) is 10.7. The lowest BCUT2D eigenvalue weighted by Crippen LogP contribution is -2.33. The highest BCUT2D eigenvalue weighted by Gasteiger charge is 2.10. The zero-order valence-electron chi connectivity index (χ0n) is 8.75. The number of nitrogens with one attached hydrogen (secondary N) is 1. The van der Waals surface area contributed by atoms with Crippen LogP contribution in [0.3, 0.4) is 0 Å². The lowest BCUT2D eigenvalue weighted by Gasteiger charge is -2.22. The van der Waals surface area contributed by atoms with E-state index in [1.54, 1.807) is 6.20 Å². The van der Waals surface area contributed by atoms with Crippen LogP contribution in [0.15, 0.2) is 16.8 Å². The highest BCUT2D eigenvalue weighted by atomic mass is 15.2. The molecule has 76 valence electrons. The molecule has 14 heavy (non-hydrogen) atoms. The number of amidine groups is 1. The Morgan fingerprint density at radius 3 is 2.93 bits per heavy atom. The van der Waals surface area contributed by atoms with Gasteiger partial charge in [0.2, 0.25) is 0 Å². The van der Waals surface area contributed by atoms with Gasteiger partial charge in [0.25, 0.3) is 0 Å². The van der Waals surface area contributed by atoms with E-state index in [1.165, 1.54) is 0 Å². The van der Waals surface area contributed by atoms with E-state index < -0.39 is 0 Å². The van der Waals surface area contributed by atoms with Gasteiger partial charge in [-0.15, -0.1) is 0 Å². The average Bonchev–Trinajstić information content (AvgIpc) is 2.26. The summed E-state index contributed by atoms with van der Waals surface area (Å²) in [7, 11) is 3.96. The van der Waals surface area contributed by atoms with Crippen LogP contribution in [0.5, 0.6) is 0 Å². The van der Waals surface area contributed by atoms with Gasteiger partial charge in [0.05, 0.1) is 6.07 Å². The van der Waals surface area contributed by atoms with Crippen LogP contribution in [0.2, 0.25) is 0 Å². The maximum absolute atomic E-state index is 8.65. The van der Waals surface area contributed by atoms with Gasteiger partial charge < -0.3 is 10.2 Å². The molecular weight excluding hydrogens is 176 g/mol. The maximum atomic E-state index is 8.65. The van der Waals surface area contributed by atoms with Gasteiger partial charge in [-0.2, -0.15) is 5.26 Å². The molecule has 1 N–H and O–H groups in total. The third-order valence-electron chi connectivity index (χ3n) is 2.27. The molecule has 0 aromatic rings. The van der Waals surface area contributed by atoms with Crippen LogP contribution >= 0.6 is 0 Å². The van der Waals surface area contributed by atoms with Gasteiger partial charge in [-0.05, 0) is 13.5 Å². The summed E-state index contributed by atoms with van der Waals surface area (Å²) in [4.78, 5) is 6.39. The van der Waals surface area contributed by atoms with Crippen molar-refractivity contribution in [3.63, 3.8) is 0 Å². The van der Waals surface area contributed by atoms with Crippen molar-refractivity contribution in [2.24, 2.45) is 4.99 Å². The highest BCUT2D eigenvalue weighted by Crippen LogP contribution is 2.12. The number of aliphatic imine (C=N–C) groups is 1. The lowest BCUT2D eigenvalue weighted by molar-refractivity contribution is 0.483. The van der Waals surface area contributed by atoms with Crippen molar-refractivity contribution in [1.82, 2.24) is 10.2 Å². The standard InChI is InChI=1S/C10H16N4/c1-12-5-6-14(2)10-4-3-9(7-11)8-13-10/h8,12H,3-6H2,1-2H3. The Kier molecular flexibility index (Phi) is 4.14. The minimum absolute atomic E-state index is 0.774. The molecule has 0 aromatic heterocycles. The smallest absolute Gasteiger partial charge is 0.104 e. The van der Waals surface area contributed by atoms with Crippen LogP contribution in [-0.2, 0) is 0 Å².